The van der Waals surface area contributed by atoms with Crippen molar-refractivity contribution < 1.29 is 0 Å². The molecule has 2 rings (SSSR count). The van der Waals surface area contributed by atoms with Crippen molar-refractivity contribution in [1.82, 2.24) is 9.97 Å². The Morgan fingerprint density at radius 3 is 2.72 bits per heavy atom. The SMILES string of the molecule is CCCc1nc(NC)cc(-c2cccc(Br)c2)n1. The van der Waals surface area contributed by atoms with Gasteiger partial charge in [0.05, 0.1) is 5.69 Å². The molecule has 0 aliphatic carbocycles. The van der Waals surface area contributed by atoms with Crippen molar-refractivity contribution in [2.75, 3.05) is 12.4 Å². The first-order valence-electron chi connectivity index (χ1n) is 6.04. The Kier molecular flexibility index (Phi) is 4.31. The summed E-state index contributed by atoms with van der Waals surface area (Å²) in [5.74, 6) is 1.75. The van der Waals surface area contributed by atoms with Crippen molar-refractivity contribution in [3.8, 4) is 11.3 Å². The second-order valence-electron chi connectivity index (χ2n) is 4.07. The fraction of sp³-hybridized carbons (Fsp3) is 0.286. The van der Waals surface area contributed by atoms with E-state index in [9.17, 15) is 0 Å². The maximum absolute atomic E-state index is 4.61. The first-order valence-corrected chi connectivity index (χ1v) is 6.84. The second kappa shape index (κ2) is 5.96. The number of halogens is 1. The van der Waals surface area contributed by atoms with Gasteiger partial charge in [-0.15, -0.1) is 0 Å². The van der Waals surface area contributed by atoms with Gasteiger partial charge >= 0.3 is 0 Å². The van der Waals surface area contributed by atoms with Gasteiger partial charge in [-0.3, -0.25) is 0 Å². The number of nitrogens with zero attached hydrogens (tertiary/aromatic N) is 2. The summed E-state index contributed by atoms with van der Waals surface area (Å²) < 4.78 is 1.06. The Balaban J connectivity index is 2.46. The molecule has 2 aromatic rings. The molecule has 0 bridgehead atoms. The quantitative estimate of drug-likeness (QED) is 0.931. The largest absolute Gasteiger partial charge is 0.373 e. The summed E-state index contributed by atoms with van der Waals surface area (Å²) in [7, 11) is 1.88. The number of anilines is 1. The smallest absolute Gasteiger partial charge is 0.131 e. The van der Waals surface area contributed by atoms with E-state index in [2.05, 4.69) is 50.3 Å². The van der Waals surface area contributed by atoms with E-state index in [4.69, 9.17) is 0 Å². The molecule has 94 valence electrons. The minimum Gasteiger partial charge on any atom is -0.373 e. The molecule has 0 saturated heterocycles. The van der Waals surface area contributed by atoms with Crippen LogP contribution in [0.4, 0.5) is 5.82 Å². The molecule has 1 heterocycles. The molecule has 0 unspecified atom stereocenters. The van der Waals surface area contributed by atoms with Crippen molar-refractivity contribution in [2.24, 2.45) is 0 Å². The first kappa shape index (κ1) is 13.0. The highest BCUT2D eigenvalue weighted by Gasteiger charge is 2.06. The molecule has 0 fully saturated rings. The average Bonchev–Trinajstić information content (AvgIpc) is 2.39. The van der Waals surface area contributed by atoms with Crippen LogP contribution in [0.3, 0.4) is 0 Å². The van der Waals surface area contributed by atoms with Gasteiger partial charge in [0.15, 0.2) is 0 Å². The van der Waals surface area contributed by atoms with Crippen molar-refractivity contribution >= 4 is 21.7 Å². The third kappa shape index (κ3) is 3.07. The van der Waals surface area contributed by atoms with Gasteiger partial charge in [0.1, 0.15) is 11.6 Å². The van der Waals surface area contributed by atoms with E-state index in [0.29, 0.717) is 0 Å². The molecule has 0 spiro atoms. The van der Waals surface area contributed by atoms with Gasteiger partial charge in [0.2, 0.25) is 0 Å². The fourth-order valence-corrected chi connectivity index (χ4v) is 2.16. The Morgan fingerprint density at radius 2 is 2.06 bits per heavy atom. The maximum atomic E-state index is 4.61. The summed E-state index contributed by atoms with van der Waals surface area (Å²) in [6.07, 6.45) is 1.95. The van der Waals surface area contributed by atoms with E-state index in [0.717, 1.165) is 40.2 Å². The van der Waals surface area contributed by atoms with E-state index in [1.807, 2.05) is 25.2 Å². The summed E-state index contributed by atoms with van der Waals surface area (Å²) in [6, 6.07) is 10.1. The predicted molar refractivity (Wildman–Crippen MR) is 78.7 cm³/mol. The summed E-state index contributed by atoms with van der Waals surface area (Å²) in [4.78, 5) is 9.07. The van der Waals surface area contributed by atoms with Gasteiger partial charge in [-0.2, -0.15) is 0 Å². The highest BCUT2D eigenvalue weighted by Crippen LogP contribution is 2.23. The zero-order valence-electron chi connectivity index (χ0n) is 10.6. The summed E-state index contributed by atoms with van der Waals surface area (Å²) >= 11 is 3.49. The van der Waals surface area contributed by atoms with Gasteiger partial charge in [0, 0.05) is 29.6 Å². The number of hydrogen-bond donors (Lipinski definition) is 1. The normalized spacial score (nSPS) is 10.4. The molecule has 1 aromatic carbocycles. The van der Waals surface area contributed by atoms with Crippen LogP contribution in [-0.2, 0) is 6.42 Å². The van der Waals surface area contributed by atoms with E-state index < -0.39 is 0 Å². The molecule has 0 atom stereocenters. The van der Waals surface area contributed by atoms with E-state index in [1.54, 1.807) is 0 Å². The van der Waals surface area contributed by atoms with Gasteiger partial charge in [-0.05, 0) is 18.6 Å². The highest BCUT2D eigenvalue weighted by molar-refractivity contribution is 9.10. The molecule has 0 aliphatic rings. The molecular formula is C14H16BrN3. The van der Waals surface area contributed by atoms with Crippen molar-refractivity contribution in [2.45, 2.75) is 19.8 Å². The molecular weight excluding hydrogens is 290 g/mol. The zero-order chi connectivity index (χ0) is 13.0. The summed E-state index contributed by atoms with van der Waals surface area (Å²) in [6.45, 7) is 2.13. The van der Waals surface area contributed by atoms with Crippen molar-refractivity contribution in [1.29, 1.82) is 0 Å². The van der Waals surface area contributed by atoms with E-state index >= 15 is 0 Å². The van der Waals surface area contributed by atoms with Crippen LogP contribution in [-0.4, -0.2) is 17.0 Å². The van der Waals surface area contributed by atoms with Gasteiger partial charge in [0.25, 0.3) is 0 Å². The van der Waals surface area contributed by atoms with Crippen LogP contribution in [0.5, 0.6) is 0 Å². The lowest BCUT2D eigenvalue weighted by molar-refractivity contribution is 0.838. The van der Waals surface area contributed by atoms with Crippen molar-refractivity contribution in [3.05, 3.63) is 40.6 Å². The molecule has 4 heteroatoms. The van der Waals surface area contributed by atoms with E-state index in [1.165, 1.54) is 0 Å². The van der Waals surface area contributed by atoms with E-state index in [-0.39, 0.29) is 0 Å². The lowest BCUT2D eigenvalue weighted by atomic mass is 10.1. The third-order valence-corrected chi connectivity index (χ3v) is 3.12. The minimum atomic E-state index is 0.864. The molecule has 18 heavy (non-hydrogen) atoms. The lowest BCUT2D eigenvalue weighted by Gasteiger charge is -2.07. The molecule has 0 amide bonds. The topological polar surface area (TPSA) is 37.8 Å². The predicted octanol–water partition coefficient (Wildman–Crippen LogP) is 3.90. The lowest BCUT2D eigenvalue weighted by Crippen LogP contribution is -2.01. The van der Waals surface area contributed by atoms with Crippen LogP contribution in [0.25, 0.3) is 11.3 Å². The van der Waals surface area contributed by atoms with Crippen molar-refractivity contribution in [3.63, 3.8) is 0 Å². The monoisotopic (exact) mass is 305 g/mol. The van der Waals surface area contributed by atoms with Crippen LogP contribution < -0.4 is 5.32 Å². The molecule has 3 nitrogen and oxygen atoms in total. The minimum absolute atomic E-state index is 0.864. The highest BCUT2D eigenvalue weighted by atomic mass is 79.9. The summed E-state index contributed by atoms with van der Waals surface area (Å²) in [5.41, 5.74) is 2.06. The first-order chi connectivity index (χ1) is 8.72. The zero-order valence-corrected chi connectivity index (χ0v) is 12.2. The summed E-state index contributed by atoms with van der Waals surface area (Å²) in [5, 5.41) is 3.09. The molecule has 1 N–H and O–H groups in total. The van der Waals surface area contributed by atoms with Crippen LogP contribution in [0.1, 0.15) is 19.2 Å². The molecule has 0 saturated carbocycles. The van der Waals surface area contributed by atoms with Gasteiger partial charge in [-0.25, -0.2) is 9.97 Å². The number of nitrogens with one attached hydrogen (secondary N) is 1. The Bertz CT molecular complexity index is 540. The molecule has 1 aromatic heterocycles. The number of aromatic nitrogens is 2. The standard InChI is InChI=1S/C14H16BrN3/c1-3-5-13-17-12(9-14(16-2)18-13)10-6-4-7-11(15)8-10/h4,6-9H,3,5H2,1-2H3,(H,16,17,18). The van der Waals surface area contributed by atoms with Crippen LogP contribution in [0, 0.1) is 0 Å². The third-order valence-electron chi connectivity index (χ3n) is 2.62. The van der Waals surface area contributed by atoms with Gasteiger partial charge < -0.3 is 5.32 Å². The average molecular weight is 306 g/mol. The number of hydrogen-bond acceptors (Lipinski definition) is 3. The Hall–Kier alpha value is -1.42. The van der Waals surface area contributed by atoms with Crippen LogP contribution >= 0.6 is 15.9 Å². The fourth-order valence-electron chi connectivity index (χ4n) is 1.76. The number of benzene rings is 1. The number of aryl methyl sites for hydroxylation is 1. The number of rotatable bonds is 4. The Morgan fingerprint density at radius 1 is 1.22 bits per heavy atom. The maximum Gasteiger partial charge on any atom is 0.131 e. The molecule has 0 aliphatic heterocycles. The van der Waals surface area contributed by atoms with Gasteiger partial charge in [-0.1, -0.05) is 35.0 Å². The van der Waals surface area contributed by atoms with Crippen LogP contribution in [0.15, 0.2) is 34.8 Å². The van der Waals surface area contributed by atoms with Crippen LogP contribution in [0.2, 0.25) is 0 Å². The second-order valence-corrected chi connectivity index (χ2v) is 4.98. The Labute approximate surface area is 116 Å². The molecule has 0 radical (unpaired) electrons.